The van der Waals surface area contributed by atoms with Crippen molar-refractivity contribution < 1.29 is 0 Å². The molecule has 77 heavy (non-hydrogen) atoms. The Morgan fingerprint density at radius 1 is 0.104 bits per heavy atom. The van der Waals surface area contributed by atoms with Gasteiger partial charge >= 0.3 is 474 Å². The fourth-order valence-corrected chi connectivity index (χ4v) is 30.9. The Kier molecular flexibility index (Phi) is 23.2. The van der Waals surface area contributed by atoms with Crippen molar-refractivity contribution in [2.45, 2.75) is 0 Å². The molecule has 0 heterocycles. The number of rotatable bonds is 12. The van der Waals surface area contributed by atoms with Crippen molar-refractivity contribution in [3.8, 4) is 0 Å². The molecule has 0 aliphatic carbocycles. The topological polar surface area (TPSA) is 0 Å². The summed E-state index contributed by atoms with van der Waals surface area (Å²) in [5.74, 6) is 0. The van der Waals surface area contributed by atoms with Crippen LogP contribution in [0, 0.1) is 0 Å². The molecule has 0 aliphatic rings. The number of hydrogen-bond donors (Lipinski definition) is 0. The van der Waals surface area contributed by atoms with Crippen molar-refractivity contribution in [1.82, 2.24) is 0 Å². The third-order valence-electron chi connectivity index (χ3n) is 12.7. The van der Waals surface area contributed by atoms with E-state index in [0.29, 0.717) is 0 Å². The molecule has 0 fully saturated rings. The van der Waals surface area contributed by atoms with E-state index in [1.165, 1.54) is 52.8 Å². The van der Waals surface area contributed by atoms with Crippen LogP contribution in [0.2, 0.25) is 0 Å². The van der Waals surface area contributed by atoms with E-state index in [1.54, 1.807) is 0 Å². The quantitative estimate of drug-likeness (QED) is 0.108. The molecule has 0 nitrogen and oxygen atoms in total. The Balaban J connectivity index is 0.000000135. The second-order valence-corrected chi connectivity index (χ2v) is 38.7. The maximum absolute atomic E-state index is 2.27. The van der Waals surface area contributed by atoms with Crippen LogP contribution in [0.25, 0.3) is 0 Å². The van der Waals surface area contributed by atoms with Crippen molar-refractivity contribution in [2.24, 2.45) is 0 Å². The molecule has 5 heteroatoms. The molecule has 0 aliphatic heterocycles. The van der Waals surface area contributed by atoms with Crippen molar-refractivity contribution in [2.75, 3.05) is 0 Å². The Morgan fingerprint density at radius 2 is 0.169 bits per heavy atom. The van der Waals surface area contributed by atoms with Gasteiger partial charge in [-0.05, 0) is 0 Å². The van der Waals surface area contributed by atoms with E-state index < -0.39 is 57.4 Å². The summed E-state index contributed by atoms with van der Waals surface area (Å²) in [6.45, 7) is 0. The minimum absolute atomic E-state index is 0. The van der Waals surface area contributed by atoms with Crippen LogP contribution in [-0.4, -0.2) is 75.0 Å². The van der Waals surface area contributed by atoms with Crippen LogP contribution in [0.15, 0.2) is 364 Å². The molecule has 0 unspecified atom stereocenters. The van der Waals surface area contributed by atoms with E-state index >= 15 is 0 Å². The zero-order chi connectivity index (χ0) is 51.7. The molecule has 0 saturated carbocycles. The summed E-state index contributed by atoms with van der Waals surface area (Å²) in [5, 5.41) is 0. The zero-order valence-corrected chi connectivity index (χ0v) is 53.6. The maximum atomic E-state index is 2.27. The minimum atomic E-state index is -1.63. The van der Waals surface area contributed by atoms with Gasteiger partial charge in [0, 0.05) is 17.6 Å². The average molecular weight is 1290 g/mol. The third kappa shape index (κ3) is 16.7. The van der Waals surface area contributed by atoms with E-state index in [-0.39, 0.29) is 17.6 Å². The molecule has 0 atom stereocenters. The molecule has 12 rings (SSSR count). The van der Waals surface area contributed by atoms with Gasteiger partial charge in [0.1, 0.15) is 0 Å². The molecule has 0 N–H and O–H groups in total. The summed E-state index contributed by atoms with van der Waals surface area (Å²) in [7, 11) is 0. The predicted molar refractivity (Wildman–Crippen MR) is 342 cm³/mol. The van der Waals surface area contributed by atoms with Crippen molar-refractivity contribution >= 4 is 128 Å². The SMILES string of the molecule is [Ge].c1cc[c]([Ge]([c]2ccccc2)[c]2ccccc2)cc1.c1cc[c]([Ge]([c]2ccccc2)[c]2ccccc2)cc1.c1cc[c]([Ge]([c]2ccccc2)[c]2ccccc2)cc1.c1cc[c]([Ge]([c]2ccccc2)[c]2ccccc2)cc1. The number of hydrogen-bond acceptors (Lipinski definition) is 0. The first kappa shape index (κ1) is 56.6. The molecular formula is C72H60Ge5. The van der Waals surface area contributed by atoms with E-state index in [4.69, 9.17) is 0 Å². The summed E-state index contributed by atoms with van der Waals surface area (Å²) >= 11 is -6.53. The van der Waals surface area contributed by atoms with E-state index in [0.717, 1.165) is 0 Å². The van der Waals surface area contributed by atoms with Gasteiger partial charge in [-0.3, -0.25) is 0 Å². The molecule has 8 radical (unpaired) electrons. The fraction of sp³-hybridized carbons (Fsp3) is 0. The van der Waals surface area contributed by atoms with Gasteiger partial charge in [0.15, 0.2) is 0 Å². The monoisotopic (exact) mass is 1290 g/mol. The summed E-state index contributed by atoms with van der Waals surface area (Å²) in [4.78, 5) is 0. The fourth-order valence-electron chi connectivity index (χ4n) is 9.26. The third-order valence-corrected chi connectivity index (χ3v) is 35.7. The van der Waals surface area contributed by atoms with Gasteiger partial charge in [-0.2, -0.15) is 0 Å². The molecule has 0 saturated heterocycles. The van der Waals surface area contributed by atoms with Gasteiger partial charge < -0.3 is 0 Å². The first-order valence-electron chi connectivity index (χ1n) is 25.9. The second-order valence-electron chi connectivity index (χ2n) is 17.9. The molecule has 368 valence electrons. The van der Waals surface area contributed by atoms with E-state index in [2.05, 4.69) is 364 Å². The van der Waals surface area contributed by atoms with Crippen LogP contribution in [0.1, 0.15) is 0 Å². The standard InChI is InChI=1S/4C18H15Ge.Ge/c4*1-4-10-16(11-5-1)19(17-12-6-2-7-13-17)18-14-8-3-9-15-18;/h4*1-15H;. The van der Waals surface area contributed by atoms with E-state index in [1.807, 2.05) is 0 Å². The molecule has 12 aromatic carbocycles. The van der Waals surface area contributed by atoms with Crippen LogP contribution in [0.5, 0.6) is 0 Å². The molecule has 0 aromatic heterocycles. The average Bonchev–Trinajstić information content (AvgIpc) is 3.51. The van der Waals surface area contributed by atoms with E-state index in [9.17, 15) is 0 Å². The van der Waals surface area contributed by atoms with Gasteiger partial charge in [-0.25, -0.2) is 0 Å². The van der Waals surface area contributed by atoms with Gasteiger partial charge in [0.2, 0.25) is 0 Å². The van der Waals surface area contributed by atoms with Gasteiger partial charge in [0.05, 0.1) is 0 Å². The molecular weight excluding hydrogens is 1230 g/mol. The molecule has 0 amide bonds. The number of benzene rings is 12. The molecule has 0 spiro atoms. The van der Waals surface area contributed by atoms with Crippen molar-refractivity contribution in [3.63, 3.8) is 0 Å². The van der Waals surface area contributed by atoms with Crippen molar-refractivity contribution in [1.29, 1.82) is 0 Å². The predicted octanol–water partition coefficient (Wildman–Crippen LogP) is 8.43. The summed E-state index contributed by atoms with van der Waals surface area (Å²) in [5.41, 5.74) is 0. The first-order valence-corrected chi connectivity index (χ1v) is 38.5. The van der Waals surface area contributed by atoms with Crippen LogP contribution in [-0.2, 0) is 0 Å². The summed E-state index contributed by atoms with van der Waals surface area (Å²) in [6, 6.07) is 131. The Morgan fingerprint density at radius 3 is 0.234 bits per heavy atom. The van der Waals surface area contributed by atoms with Crippen LogP contribution < -0.4 is 52.8 Å². The first-order chi connectivity index (χ1) is 37.8. The van der Waals surface area contributed by atoms with Gasteiger partial charge in [-0.15, -0.1) is 0 Å². The Labute approximate surface area is 487 Å². The normalized spacial score (nSPS) is 10.4. The van der Waals surface area contributed by atoms with Gasteiger partial charge in [-0.1, -0.05) is 0 Å². The molecule has 0 bridgehead atoms. The molecule has 12 aromatic rings. The van der Waals surface area contributed by atoms with Crippen LogP contribution in [0.3, 0.4) is 0 Å². The zero-order valence-electron chi connectivity index (χ0n) is 43.1. The van der Waals surface area contributed by atoms with Crippen LogP contribution >= 0.6 is 0 Å². The summed E-state index contributed by atoms with van der Waals surface area (Å²) < 4.78 is 18.0. The summed E-state index contributed by atoms with van der Waals surface area (Å²) in [6.07, 6.45) is 0. The van der Waals surface area contributed by atoms with Crippen molar-refractivity contribution in [3.05, 3.63) is 364 Å². The van der Waals surface area contributed by atoms with Crippen LogP contribution in [0.4, 0.5) is 0 Å². The van der Waals surface area contributed by atoms with Gasteiger partial charge in [0.25, 0.3) is 0 Å². The second kappa shape index (κ2) is 31.5. The Hall–Kier alpha value is -6.65. The Bertz CT molecular complexity index is 2570.